The summed E-state index contributed by atoms with van der Waals surface area (Å²) in [5.41, 5.74) is 1.35. The molecule has 3 atom stereocenters. The highest BCUT2D eigenvalue weighted by atomic mass is 16.4. The van der Waals surface area contributed by atoms with E-state index in [1.54, 1.807) is 12.1 Å². The molecule has 2 aliphatic heterocycles. The molecular formula is C18H22N4O6. The first kappa shape index (κ1) is 20.1. The van der Waals surface area contributed by atoms with E-state index in [0.717, 1.165) is 15.7 Å². The lowest BCUT2D eigenvalue weighted by Gasteiger charge is -2.25. The van der Waals surface area contributed by atoms with Crippen LogP contribution in [0.4, 0.5) is 0 Å². The van der Waals surface area contributed by atoms with Crippen LogP contribution in [-0.4, -0.2) is 64.4 Å². The van der Waals surface area contributed by atoms with Crippen LogP contribution in [-0.2, 0) is 13.6 Å². The third-order valence-electron chi connectivity index (χ3n) is 4.92. The number of benzene rings is 1. The number of aliphatic hydroxyl groups excluding tert-OH is 4. The highest BCUT2D eigenvalue weighted by molar-refractivity contribution is 5.81. The lowest BCUT2D eigenvalue weighted by atomic mass is 10.1. The van der Waals surface area contributed by atoms with Gasteiger partial charge in [0.25, 0.3) is 5.56 Å². The smallest absolute Gasteiger partial charge is 0.352 e. The monoisotopic (exact) mass is 390 g/mol. The Labute approximate surface area is 159 Å². The fraction of sp³-hybridized carbons (Fsp3) is 0.444. The number of aliphatic hydroxyl groups is 4. The summed E-state index contributed by atoms with van der Waals surface area (Å²) in [6.45, 7) is 2.75. The van der Waals surface area contributed by atoms with Gasteiger partial charge in [-0.05, 0) is 37.1 Å². The van der Waals surface area contributed by atoms with Gasteiger partial charge in [0.05, 0.1) is 24.2 Å². The molecule has 3 rings (SSSR count). The highest BCUT2D eigenvalue weighted by Crippen LogP contribution is 2.24. The average Bonchev–Trinajstić information content (AvgIpc) is 2.67. The van der Waals surface area contributed by atoms with Crippen molar-refractivity contribution < 1.29 is 20.4 Å². The van der Waals surface area contributed by atoms with Crippen molar-refractivity contribution in [2.75, 3.05) is 6.61 Å². The van der Waals surface area contributed by atoms with Gasteiger partial charge in [-0.2, -0.15) is 4.98 Å². The number of hydrogen-bond donors (Lipinski definition) is 4. The molecule has 0 fully saturated rings. The number of fused-ring (bicyclic) bond motifs is 2. The Morgan fingerprint density at radius 3 is 2.32 bits per heavy atom. The van der Waals surface area contributed by atoms with Crippen LogP contribution in [0.1, 0.15) is 11.1 Å². The Morgan fingerprint density at radius 1 is 1.04 bits per heavy atom. The lowest BCUT2D eigenvalue weighted by Crippen LogP contribution is -2.42. The first-order chi connectivity index (χ1) is 13.1. The Morgan fingerprint density at radius 2 is 1.68 bits per heavy atom. The number of rotatable bonds is 5. The third kappa shape index (κ3) is 3.31. The van der Waals surface area contributed by atoms with Gasteiger partial charge >= 0.3 is 5.69 Å². The molecule has 0 spiro atoms. The minimum Gasteiger partial charge on any atom is -0.394 e. The van der Waals surface area contributed by atoms with Crippen LogP contribution in [0.5, 0.6) is 0 Å². The predicted molar refractivity (Wildman–Crippen MR) is 100 cm³/mol. The zero-order chi connectivity index (χ0) is 20.7. The van der Waals surface area contributed by atoms with Crippen molar-refractivity contribution in [2.24, 2.45) is 7.05 Å². The van der Waals surface area contributed by atoms with Gasteiger partial charge in [-0.3, -0.25) is 9.36 Å². The van der Waals surface area contributed by atoms with Gasteiger partial charge in [0.1, 0.15) is 18.3 Å². The topological polar surface area (TPSA) is 151 Å². The molecule has 28 heavy (non-hydrogen) atoms. The van der Waals surface area contributed by atoms with E-state index in [4.69, 9.17) is 5.11 Å². The summed E-state index contributed by atoms with van der Waals surface area (Å²) in [6, 6.07) is 3.55. The molecule has 10 heteroatoms. The van der Waals surface area contributed by atoms with Crippen LogP contribution < -0.4 is 11.2 Å². The Kier molecular flexibility index (Phi) is 5.31. The second kappa shape index (κ2) is 7.40. The fourth-order valence-electron chi connectivity index (χ4n) is 3.02. The van der Waals surface area contributed by atoms with Crippen LogP contribution in [0.2, 0.25) is 0 Å². The SMILES string of the molecule is Cc1cc2nc3c(=O)n(C)c(=O)nc-3n(CC(O)C(O)C(O)CO)c2cc1C. The summed E-state index contributed by atoms with van der Waals surface area (Å²) in [4.78, 5) is 32.9. The fourth-order valence-corrected chi connectivity index (χ4v) is 3.02. The van der Waals surface area contributed by atoms with Gasteiger partial charge in [0.15, 0.2) is 11.5 Å². The summed E-state index contributed by atoms with van der Waals surface area (Å²) < 4.78 is 2.26. The summed E-state index contributed by atoms with van der Waals surface area (Å²) in [6.07, 6.45) is -4.68. The van der Waals surface area contributed by atoms with Gasteiger partial charge in [0.2, 0.25) is 0 Å². The molecule has 0 saturated heterocycles. The minimum absolute atomic E-state index is 0.0337. The van der Waals surface area contributed by atoms with E-state index in [2.05, 4.69) is 9.97 Å². The quantitative estimate of drug-likeness (QED) is 0.376. The van der Waals surface area contributed by atoms with Crippen LogP contribution in [0.25, 0.3) is 22.6 Å². The summed E-state index contributed by atoms with van der Waals surface area (Å²) in [5.74, 6) is -0.0337. The zero-order valence-corrected chi connectivity index (χ0v) is 15.7. The predicted octanol–water partition coefficient (Wildman–Crippen LogP) is -1.71. The second-order valence-electron chi connectivity index (χ2n) is 6.89. The molecule has 0 bridgehead atoms. The maximum Gasteiger partial charge on any atom is 0.352 e. The second-order valence-corrected chi connectivity index (χ2v) is 6.89. The Balaban J connectivity index is 2.32. The third-order valence-corrected chi connectivity index (χ3v) is 4.92. The van der Waals surface area contributed by atoms with Crippen molar-refractivity contribution in [2.45, 2.75) is 38.7 Å². The molecule has 1 aromatic carbocycles. The van der Waals surface area contributed by atoms with Gasteiger partial charge in [-0.1, -0.05) is 0 Å². The molecule has 0 aromatic heterocycles. The molecule has 2 heterocycles. The molecule has 0 saturated carbocycles. The number of nitrogens with zero attached hydrogens (tertiary/aromatic N) is 4. The molecule has 2 aliphatic rings. The average molecular weight is 390 g/mol. The normalized spacial score (nSPS) is 15.1. The molecule has 1 aromatic rings. The number of aromatic nitrogens is 4. The van der Waals surface area contributed by atoms with E-state index < -0.39 is 36.2 Å². The molecule has 4 N–H and O–H groups in total. The minimum atomic E-state index is -1.64. The van der Waals surface area contributed by atoms with Crippen LogP contribution in [0.15, 0.2) is 21.7 Å². The maximum atomic E-state index is 12.5. The van der Waals surface area contributed by atoms with E-state index in [0.29, 0.717) is 11.0 Å². The molecule has 0 amide bonds. The van der Waals surface area contributed by atoms with E-state index >= 15 is 0 Å². The lowest BCUT2D eigenvalue weighted by molar-refractivity contribution is -0.0802. The molecule has 0 aliphatic carbocycles. The standard InChI is InChI=1S/C18H22N4O6/c1-8-4-10-11(5-9(8)2)22(6-12(24)15(26)13(25)7-23)16-14(19-10)17(27)21(3)18(28)20-16/h4-5,12-13,15,23-26H,6-7H2,1-3H3. The molecule has 10 nitrogen and oxygen atoms in total. The zero-order valence-electron chi connectivity index (χ0n) is 15.7. The van der Waals surface area contributed by atoms with Crippen LogP contribution >= 0.6 is 0 Å². The van der Waals surface area contributed by atoms with E-state index in [-0.39, 0.29) is 18.1 Å². The molecule has 0 radical (unpaired) electrons. The van der Waals surface area contributed by atoms with Crippen LogP contribution in [0, 0.1) is 13.8 Å². The molecule has 150 valence electrons. The van der Waals surface area contributed by atoms with Crippen molar-refractivity contribution in [3.8, 4) is 11.5 Å². The first-order valence-corrected chi connectivity index (χ1v) is 8.69. The first-order valence-electron chi connectivity index (χ1n) is 8.69. The maximum absolute atomic E-state index is 12.5. The van der Waals surface area contributed by atoms with E-state index in [9.17, 15) is 24.9 Å². The molecule has 3 unspecified atom stereocenters. The van der Waals surface area contributed by atoms with Gasteiger partial charge in [-0.25, -0.2) is 9.78 Å². The Bertz CT molecular complexity index is 1120. The molecular weight excluding hydrogens is 368 g/mol. The van der Waals surface area contributed by atoms with E-state index in [1.165, 1.54) is 11.6 Å². The van der Waals surface area contributed by atoms with Crippen molar-refractivity contribution in [1.29, 1.82) is 0 Å². The van der Waals surface area contributed by atoms with Gasteiger partial charge in [0, 0.05) is 7.05 Å². The summed E-state index contributed by atoms with van der Waals surface area (Å²) in [7, 11) is 1.30. The summed E-state index contributed by atoms with van der Waals surface area (Å²) >= 11 is 0. The van der Waals surface area contributed by atoms with Crippen molar-refractivity contribution >= 4 is 11.0 Å². The largest absolute Gasteiger partial charge is 0.394 e. The van der Waals surface area contributed by atoms with Crippen LogP contribution in [0.3, 0.4) is 0 Å². The van der Waals surface area contributed by atoms with Crippen molar-refractivity contribution in [3.05, 3.63) is 44.1 Å². The van der Waals surface area contributed by atoms with Crippen molar-refractivity contribution in [3.63, 3.8) is 0 Å². The number of aryl methyl sites for hydroxylation is 2. The Hall–Kier alpha value is -2.66. The highest BCUT2D eigenvalue weighted by Gasteiger charge is 2.28. The van der Waals surface area contributed by atoms with Gasteiger partial charge < -0.3 is 25.0 Å². The number of hydrogen-bond acceptors (Lipinski definition) is 8. The van der Waals surface area contributed by atoms with Gasteiger partial charge in [-0.15, -0.1) is 0 Å². The van der Waals surface area contributed by atoms with Crippen molar-refractivity contribution in [1.82, 2.24) is 19.1 Å². The van der Waals surface area contributed by atoms with E-state index in [1.807, 2.05) is 13.8 Å². The summed E-state index contributed by atoms with van der Waals surface area (Å²) in [5, 5.41) is 39.0.